The minimum atomic E-state index is -0.596. The lowest BCUT2D eigenvalue weighted by atomic mass is 9.62. The van der Waals surface area contributed by atoms with Gasteiger partial charge < -0.3 is 5.32 Å². The van der Waals surface area contributed by atoms with Gasteiger partial charge in [-0.1, -0.05) is 44.2 Å². The number of piperidine rings is 1. The van der Waals surface area contributed by atoms with Gasteiger partial charge in [-0.15, -0.1) is 0 Å². The van der Waals surface area contributed by atoms with Crippen LogP contribution in [0.3, 0.4) is 0 Å². The van der Waals surface area contributed by atoms with Gasteiger partial charge in [-0.05, 0) is 30.4 Å². The summed E-state index contributed by atoms with van der Waals surface area (Å²) in [5.74, 6) is -1.07. The molecule has 0 spiro atoms. The molecule has 7 heteroatoms. The molecule has 3 amide bonds. The van der Waals surface area contributed by atoms with E-state index in [2.05, 4.69) is 10.3 Å². The molecule has 136 valence electrons. The number of benzene rings is 1. The van der Waals surface area contributed by atoms with Crippen LogP contribution in [0.1, 0.15) is 33.6 Å². The minimum Gasteiger partial charge on any atom is -0.300 e. The standard InChI is InChI=1S/C19H21N3O3S/c1-18(2)11-8-9-19(18,3)16(25)22(15(11)24)10-14(23)21-17-20-12-6-4-5-7-13(12)26-17/h4-7,11H,8-10H2,1-3H3,(H,20,21,23). The van der Waals surface area contributed by atoms with Crippen LogP contribution in [-0.4, -0.2) is 34.2 Å². The normalized spacial score (nSPS) is 27.2. The number of carbonyl (C=O) groups is 3. The lowest BCUT2D eigenvalue weighted by Gasteiger charge is -2.47. The molecule has 4 rings (SSSR count). The number of nitrogens with one attached hydrogen (secondary N) is 1. The molecular formula is C19H21N3O3S. The number of fused-ring (bicyclic) bond motifs is 3. The third-order valence-corrected chi connectivity index (χ3v) is 7.30. The van der Waals surface area contributed by atoms with E-state index in [9.17, 15) is 14.4 Å². The Balaban J connectivity index is 1.52. The van der Waals surface area contributed by atoms with E-state index in [1.807, 2.05) is 45.0 Å². The van der Waals surface area contributed by atoms with E-state index in [4.69, 9.17) is 0 Å². The SMILES string of the molecule is CC12CCC(C(=O)N(CC(=O)Nc3nc4ccccc4s3)C1=O)C2(C)C. The topological polar surface area (TPSA) is 79.4 Å². The van der Waals surface area contributed by atoms with Crippen LogP contribution in [0.4, 0.5) is 5.13 Å². The molecule has 2 unspecified atom stereocenters. The fourth-order valence-electron chi connectivity index (χ4n) is 4.28. The molecule has 1 N–H and O–H groups in total. The van der Waals surface area contributed by atoms with Gasteiger partial charge in [0.25, 0.3) is 0 Å². The maximum atomic E-state index is 13.0. The van der Waals surface area contributed by atoms with Gasteiger partial charge in [0.2, 0.25) is 17.7 Å². The summed E-state index contributed by atoms with van der Waals surface area (Å²) in [6.07, 6.45) is 1.38. The van der Waals surface area contributed by atoms with Crippen LogP contribution in [0.5, 0.6) is 0 Å². The highest BCUT2D eigenvalue weighted by Crippen LogP contribution is 2.59. The first kappa shape index (κ1) is 17.1. The summed E-state index contributed by atoms with van der Waals surface area (Å²) >= 11 is 1.37. The second kappa shape index (κ2) is 5.61. The van der Waals surface area contributed by atoms with E-state index in [1.165, 1.54) is 11.3 Å². The number of nitrogens with zero attached hydrogens (tertiary/aromatic N) is 2. The van der Waals surface area contributed by atoms with Crippen molar-refractivity contribution in [1.82, 2.24) is 9.88 Å². The van der Waals surface area contributed by atoms with Crippen molar-refractivity contribution in [3.05, 3.63) is 24.3 Å². The Bertz CT molecular complexity index is 902. The predicted octanol–water partition coefficient (Wildman–Crippen LogP) is 3.05. The molecule has 2 bridgehead atoms. The molecule has 2 aromatic rings. The highest BCUT2D eigenvalue weighted by Gasteiger charge is 2.64. The first-order chi connectivity index (χ1) is 12.2. The van der Waals surface area contributed by atoms with Crippen molar-refractivity contribution in [3.8, 4) is 0 Å². The van der Waals surface area contributed by atoms with Crippen molar-refractivity contribution < 1.29 is 14.4 Å². The zero-order chi connectivity index (χ0) is 18.7. The van der Waals surface area contributed by atoms with E-state index in [1.54, 1.807) is 0 Å². The average molecular weight is 371 g/mol. The van der Waals surface area contributed by atoms with Crippen molar-refractivity contribution >= 4 is 44.4 Å². The predicted molar refractivity (Wildman–Crippen MR) is 99.6 cm³/mol. The molecule has 1 aromatic carbocycles. The monoisotopic (exact) mass is 371 g/mol. The molecule has 1 saturated heterocycles. The van der Waals surface area contributed by atoms with Gasteiger partial charge in [-0.2, -0.15) is 0 Å². The Labute approximate surface area is 155 Å². The van der Waals surface area contributed by atoms with Crippen LogP contribution in [0, 0.1) is 16.7 Å². The van der Waals surface area contributed by atoms with Gasteiger partial charge in [-0.25, -0.2) is 4.98 Å². The van der Waals surface area contributed by atoms with Gasteiger partial charge in [-0.3, -0.25) is 19.3 Å². The number of thiazole rings is 1. The number of rotatable bonds is 3. The summed E-state index contributed by atoms with van der Waals surface area (Å²) in [6, 6.07) is 7.60. The second-order valence-corrected chi connectivity index (χ2v) is 8.94. The number of amides is 3. The fourth-order valence-corrected chi connectivity index (χ4v) is 5.16. The van der Waals surface area contributed by atoms with Crippen molar-refractivity contribution in [1.29, 1.82) is 0 Å². The Kier molecular flexibility index (Phi) is 3.70. The summed E-state index contributed by atoms with van der Waals surface area (Å²) in [4.78, 5) is 43.7. The van der Waals surface area contributed by atoms with Crippen molar-refractivity contribution in [2.24, 2.45) is 16.7 Å². The second-order valence-electron chi connectivity index (χ2n) is 7.91. The number of carbonyl (C=O) groups excluding carboxylic acids is 3. The maximum absolute atomic E-state index is 13.0. The summed E-state index contributed by atoms with van der Waals surface area (Å²) in [5.41, 5.74) is -0.159. The third-order valence-electron chi connectivity index (χ3n) is 6.35. The van der Waals surface area contributed by atoms with Gasteiger partial charge in [0.15, 0.2) is 5.13 Å². The highest BCUT2D eigenvalue weighted by atomic mass is 32.1. The van der Waals surface area contributed by atoms with Crippen molar-refractivity contribution in [3.63, 3.8) is 0 Å². The van der Waals surface area contributed by atoms with Crippen LogP contribution in [0.25, 0.3) is 10.2 Å². The molecule has 0 radical (unpaired) electrons. The molecule has 2 atom stereocenters. The number of imide groups is 1. The van der Waals surface area contributed by atoms with Gasteiger partial charge >= 0.3 is 0 Å². The van der Waals surface area contributed by atoms with Gasteiger partial charge in [0.1, 0.15) is 6.54 Å². The van der Waals surface area contributed by atoms with E-state index in [0.717, 1.165) is 15.1 Å². The lowest BCUT2D eigenvalue weighted by Crippen LogP contribution is -2.60. The third kappa shape index (κ3) is 2.30. The van der Waals surface area contributed by atoms with Crippen LogP contribution in [0.15, 0.2) is 24.3 Å². The van der Waals surface area contributed by atoms with Crippen molar-refractivity contribution in [2.75, 3.05) is 11.9 Å². The summed E-state index contributed by atoms with van der Waals surface area (Å²) in [7, 11) is 0. The Morgan fingerprint density at radius 3 is 2.77 bits per heavy atom. The summed E-state index contributed by atoms with van der Waals surface area (Å²) in [6.45, 7) is 5.63. The zero-order valence-electron chi connectivity index (χ0n) is 15.0. The smallest absolute Gasteiger partial charge is 0.246 e. The summed E-state index contributed by atoms with van der Waals surface area (Å²) in [5, 5.41) is 3.20. The zero-order valence-corrected chi connectivity index (χ0v) is 15.9. The Morgan fingerprint density at radius 1 is 1.31 bits per heavy atom. The Morgan fingerprint density at radius 2 is 2.04 bits per heavy atom. The molecule has 2 heterocycles. The number of para-hydroxylation sites is 1. The largest absolute Gasteiger partial charge is 0.300 e. The molecule has 2 fully saturated rings. The number of aromatic nitrogens is 1. The lowest BCUT2D eigenvalue weighted by molar-refractivity contribution is -0.168. The Hall–Kier alpha value is -2.28. The molecular weight excluding hydrogens is 350 g/mol. The molecule has 1 aromatic heterocycles. The van der Waals surface area contributed by atoms with E-state index >= 15 is 0 Å². The minimum absolute atomic E-state index is 0.208. The average Bonchev–Trinajstić information content (AvgIpc) is 3.06. The molecule has 6 nitrogen and oxygen atoms in total. The van der Waals surface area contributed by atoms with Gasteiger partial charge in [0.05, 0.1) is 15.6 Å². The first-order valence-corrected chi connectivity index (χ1v) is 9.57. The van der Waals surface area contributed by atoms with Crippen LogP contribution in [-0.2, 0) is 14.4 Å². The van der Waals surface area contributed by atoms with Crippen LogP contribution in [0.2, 0.25) is 0 Å². The number of likely N-dealkylation sites (tertiary alicyclic amines) is 1. The molecule has 1 aliphatic carbocycles. The molecule has 2 aliphatic rings. The quantitative estimate of drug-likeness (QED) is 0.841. The maximum Gasteiger partial charge on any atom is 0.246 e. The number of anilines is 1. The number of hydrogen-bond donors (Lipinski definition) is 1. The van der Waals surface area contributed by atoms with Crippen LogP contribution < -0.4 is 5.32 Å². The first-order valence-electron chi connectivity index (χ1n) is 8.75. The van der Waals surface area contributed by atoms with E-state index in [-0.39, 0.29) is 29.7 Å². The van der Waals surface area contributed by atoms with Crippen LogP contribution >= 0.6 is 11.3 Å². The van der Waals surface area contributed by atoms with Crippen molar-refractivity contribution in [2.45, 2.75) is 33.6 Å². The molecule has 1 aliphatic heterocycles. The number of hydrogen-bond acceptors (Lipinski definition) is 5. The van der Waals surface area contributed by atoms with E-state index < -0.39 is 11.3 Å². The highest BCUT2D eigenvalue weighted by molar-refractivity contribution is 7.22. The van der Waals surface area contributed by atoms with Gasteiger partial charge in [0, 0.05) is 5.92 Å². The summed E-state index contributed by atoms with van der Waals surface area (Å²) < 4.78 is 0.972. The van der Waals surface area contributed by atoms with E-state index in [0.29, 0.717) is 18.0 Å². The molecule has 26 heavy (non-hydrogen) atoms. The fraction of sp³-hybridized carbons (Fsp3) is 0.474. The molecule has 1 saturated carbocycles.